The number of nitrogens with one attached hydrogen (secondary N) is 1. The predicted molar refractivity (Wildman–Crippen MR) is 76.8 cm³/mol. The number of hydrogen-bond acceptors (Lipinski definition) is 3. The van der Waals surface area contributed by atoms with Crippen molar-refractivity contribution in [1.29, 1.82) is 0 Å². The molecule has 4 nitrogen and oxygen atoms in total. The zero-order valence-electron chi connectivity index (χ0n) is 10.6. The van der Waals surface area contributed by atoms with Crippen LogP contribution in [0.4, 0.5) is 15.8 Å². The molecule has 104 valence electrons. The lowest BCUT2D eigenvalue weighted by molar-refractivity contribution is 0.102. The van der Waals surface area contributed by atoms with Gasteiger partial charge < -0.3 is 15.8 Å². The summed E-state index contributed by atoms with van der Waals surface area (Å²) in [6.07, 6.45) is 0. The number of benzene rings is 2. The Morgan fingerprint density at radius 3 is 2.70 bits per heavy atom. The summed E-state index contributed by atoms with van der Waals surface area (Å²) in [4.78, 5) is 12.0. The maximum Gasteiger partial charge on any atom is 0.257 e. The van der Waals surface area contributed by atoms with Crippen LogP contribution in [0.15, 0.2) is 36.4 Å². The van der Waals surface area contributed by atoms with Gasteiger partial charge in [-0.3, -0.25) is 4.79 Å². The van der Waals surface area contributed by atoms with E-state index in [1.807, 2.05) is 0 Å². The molecule has 0 saturated heterocycles. The summed E-state index contributed by atoms with van der Waals surface area (Å²) in [5, 5.41) is 2.81. The molecule has 0 heterocycles. The van der Waals surface area contributed by atoms with E-state index in [9.17, 15) is 9.18 Å². The van der Waals surface area contributed by atoms with Gasteiger partial charge in [0.1, 0.15) is 0 Å². The number of rotatable bonds is 3. The summed E-state index contributed by atoms with van der Waals surface area (Å²) in [5.41, 5.74) is 6.55. The Morgan fingerprint density at radius 1 is 1.30 bits per heavy atom. The van der Waals surface area contributed by atoms with Gasteiger partial charge in [-0.15, -0.1) is 0 Å². The highest BCUT2D eigenvalue weighted by Crippen LogP contribution is 2.23. The van der Waals surface area contributed by atoms with E-state index in [-0.39, 0.29) is 16.3 Å². The molecule has 0 fully saturated rings. The molecule has 0 unspecified atom stereocenters. The minimum absolute atomic E-state index is 0.102. The van der Waals surface area contributed by atoms with Crippen LogP contribution in [0, 0.1) is 5.82 Å². The number of methoxy groups -OCH3 is 1. The number of anilines is 2. The molecule has 0 aromatic heterocycles. The van der Waals surface area contributed by atoms with Gasteiger partial charge in [0.2, 0.25) is 0 Å². The van der Waals surface area contributed by atoms with E-state index in [2.05, 4.69) is 5.32 Å². The predicted octanol–water partition coefficient (Wildman–Crippen LogP) is 3.32. The number of hydrogen-bond donors (Lipinski definition) is 2. The molecule has 2 aromatic rings. The van der Waals surface area contributed by atoms with Crippen LogP contribution in [0.2, 0.25) is 5.02 Å². The lowest BCUT2D eigenvalue weighted by Crippen LogP contribution is -2.13. The van der Waals surface area contributed by atoms with E-state index in [1.165, 1.54) is 31.4 Å². The fourth-order valence-electron chi connectivity index (χ4n) is 1.66. The monoisotopic (exact) mass is 294 g/mol. The lowest BCUT2D eigenvalue weighted by atomic mass is 10.2. The first kappa shape index (κ1) is 14.1. The third-order valence-electron chi connectivity index (χ3n) is 2.64. The second-order valence-corrected chi connectivity index (χ2v) is 4.45. The highest BCUT2D eigenvalue weighted by atomic mass is 35.5. The molecule has 0 radical (unpaired) electrons. The Labute approximate surface area is 120 Å². The Balaban J connectivity index is 2.23. The van der Waals surface area contributed by atoms with Crippen molar-refractivity contribution in [2.24, 2.45) is 0 Å². The van der Waals surface area contributed by atoms with E-state index in [1.54, 1.807) is 6.07 Å². The third kappa shape index (κ3) is 3.00. The van der Waals surface area contributed by atoms with Crippen molar-refractivity contribution in [2.45, 2.75) is 0 Å². The number of halogens is 2. The molecular formula is C14H12ClFN2O2. The third-order valence-corrected chi connectivity index (χ3v) is 2.97. The van der Waals surface area contributed by atoms with Crippen LogP contribution in [0.5, 0.6) is 5.75 Å². The molecule has 0 saturated carbocycles. The topological polar surface area (TPSA) is 64.3 Å². The quantitative estimate of drug-likeness (QED) is 0.854. The number of carbonyl (C=O) groups is 1. The molecule has 6 heteroatoms. The molecule has 2 aromatic carbocycles. The van der Waals surface area contributed by atoms with Crippen LogP contribution < -0.4 is 15.8 Å². The molecule has 0 atom stereocenters. The largest absolute Gasteiger partial charge is 0.494 e. The van der Waals surface area contributed by atoms with Crippen molar-refractivity contribution >= 4 is 28.9 Å². The van der Waals surface area contributed by atoms with Crippen LogP contribution in [0.3, 0.4) is 0 Å². The van der Waals surface area contributed by atoms with Gasteiger partial charge in [-0.05, 0) is 30.3 Å². The Bertz CT molecular complexity index is 662. The molecule has 0 aliphatic heterocycles. The van der Waals surface area contributed by atoms with Gasteiger partial charge in [-0.2, -0.15) is 0 Å². The number of carbonyl (C=O) groups excluding carboxylic acids is 1. The van der Waals surface area contributed by atoms with Crippen molar-refractivity contribution in [1.82, 2.24) is 0 Å². The molecule has 2 rings (SSSR count). The number of nitrogen functional groups attached to an aromatic ring is 1. The first-order valence-corrected chi connectivity index (χ1v) is 6.09. The zero-order valence-corrected chi connectivity index (χ0v) is 11.4. The van der Waals surface area contributed by atoms with Crippen molar-refractivity contribution < 1.29 is 13.9 Å². The SMILES string of the molecule is COc1ccc(NC(=O)c2cc(N)ccc2Cl)cc1F. The minimum Gasteiger partial charge on any atom is -0.494 e. The summed E-state index contributed by atoms with van der Waals surface area (Å²) < 4.78 is 18.3. The van der Waals surface area contributed by atoms with E-state index in [0.29, 0.717) is 11.4 Å². The van der Waals surface area contributed by atoms with Gasteiger partial charge in [-0.25, -0.2) is 4.39 Å². The Hall–Kier alpha value is -2.27. The van der Waals surface area contributed by atoms with Crippen molar-refractivity contribution in [3.63, 3.8) is 0 Å². The molecule has 1 amide bonds. The molecule has 0 aliphatic carbocycles. The maximum atomic E-state index is 13.5. The van der Waals surface area contributed by atoms with E-state index in [4.69, 9.17) is 22.1 Å². The lowest BCUT2D eigenvalue weighted by Gasteiger charge is -2.09. The Morgan fingerprint density at radius 2 is 2.05 bits per heavy atom. The zero-order chi connectivity index (χ0) is 14.7. The van der Waals surface area contributed by atoms with E-state index in [0.717, 1.165) is 6.07 Å². The highest BCUT2D eigenvalue weighted by molar-refractivity contribution is 6.34. The first-order valence-electron chi connectivity index (χ1n) is 5.71. The normalized spacial score (nSPS) is 10.2. The van der Waals surface area contributed by atoms with E-state index >= 15 is 0 Å². The second-order valence-electron chi connectivity index (χ2n) is 4.04. The minimum atomic E-state index is -0.566. The first-order chi connectivity index (χ1) is 9.51. The second kappa shape index (κ2) is 5.79. The van der Waals surface area contributed by atoms with Gasteiger partial charge in [0, 0.05) is 17.4 Å². The summed E-state index contributed by atoms with van der Waals surface area (Å²) in [5.74, 6) is -0.930. The van der Waals surface area contributed by atoms with Crippen LogP contribution in [-0.4, -0.2) is 13.0 Å². The molecule has 3 N–H and O–H groups in total. The fourth-order valence-corrected chi connectivity index (χ4v) is 1.86. The van der Waals surface area contributed by atoms with Crippen molar-refractivity contribution in [3.05, 3.63) is 52.8 Å². The molecular weight excluding hydrogens is 283 g/mol. The summed E-state index contributed by atoms with van der Waals surface area (Å²) >= 11 is 5.93. The van der Waals surface area contributed by atoms with Gasteiger partial charge in [0.05, 0.1) is 17.7 Å². The average molecular weight is 295 g/mol. The Kier molecular flexibility index (Phi) is 4.10. The van der Waals surface area contributed by atoms with Gasteiger partial charge in [0.15, 0.2) is 11.6 Å². The number of ether oxygens (including phenoxy) is 1. The average Bonchev–Trinajstić information content (AvgIpc) is 2.41. The van der Waals surface area contributed by atoms with E-state index < -0.39 is 11.7 Å². The van der Waals surface area contributed by atoms with Crippen LogP contribution in [0.25, 0.3) is 0 Å². The summed E-state index contributed by atoms with van der Waals surface area (Å²) in [6, 6.07) is 8.69. The number of amides is 1. The van der Waals surface area contributed by atoms with Gasteiger partial charge in [0.25, 0.3) is 5.91 Å². The molecule has 20 heavy (non-hydrogen) atoms. The summed E-state index contributed by atoms with van der Waals surface area (Å²) in [6.45, 7) is 0. The van der Waals surface area contributed by atoms with Gasteiger partial charge in [-0.1, -0.05) is 11.6 Å². The standard InChI is InChI=1S/C14H12ClFN2O2/c1-20-13-5-3-9(7-12(13)16)18-14(19)10-6-8(17)2-4-11(10)15/h2-7H,17H2,1H3,(H,18,19). The summed E-state index contributed by atoms with van der Waals surface area (Å²) in [7, 11) is 1.36. The van der Waals surface area contributed by atoms with Crippen LogP contribution in [0.1, 0.15) is 10.4 Å². The van der Waals surface area contributed by atoms with Crippen molar-refractivity contribution in [2.75, 3.05) is 18.2 Å². The molecule has 0 spiro atoms. The maximum absolute atomic E-state index is 13.5. The van der Waals surface area contributed by atoms with Gasteiger partial charge >= 0.3 is 0 Å². The fraction of sp³-hybridized carbons (Fsp3) is 0.0714. The van der Waals surface area contributed by atoms with Crippen LogP contribution >= 0.6 is 11.6 Å². The molecule has 0 bridgehead atoms. The van der Waals surface area contributed by atoms with Crippen molar-refractivity contribution in [3.8, 4) is 5.75 Å². The molecule has 0 aliphatic rings. The van der Waals surface area contributed by atoms with Crippen LogP contribution in [-0.2, 0) is 0 Å². The highest BCUT2D eigenvalue weighted by Gasteiger charge is 2.12. The smallest absolute Gasteiger partial charge is 0.257 e. The number of nitrogens with two attached hydrogens (primary N) is 1.